The lowest BCUT2D eigenvalue weighted by Gasteiger charge is -1.99. The molecule has 1 aliphatic rings. The van der Waals surface area contributed by atoms with Gasteiger partial charge in [0.2, 0.25) is 0 Å². The van der Waals surface area contributed by atoms with Crippen molar-refractivity contribution in [1.82, 2.24) is 4.98 Å². The summed E-state index contributed by atoms with van der Waals surface area (Å²) in [6.45, 7) is 0.864. The number of pyridine rings is 1. The van der Waals surface area contributed by atoms with Gasteiger partial charge in [0.25, 0.3) is 0 Å². The van der Waals surface area contributed by atoms with Crippen molar-refractivity contribution in [3.63, 3.8) is 0 Å². The van der Waals surface area contributed by atoms with Crippen LogP contribution in [0, 0.1) is 0 Å². The summed E-state index contributed by atoms with van der Waals surface area (Å²) in [5, 5.41) is 8.73. The van der Waals surface area contributed by atoms with Gasteiger partial charge in [-0.3, -0.25) is 0 Å². The molecule has 1 N–H and O–H groups in total. The smallest absolute Gasteiger partial charge is 0.354 e. The Hall–Kier alpha value is -1.42. The molecule has 0 radical (unpaired) electrons. The van der Waals surface area contributed by atoms with Gasteiger partial charge >= 0.3 is 5.97 Å². The normalized spacial score (nSPS) is 14.3. The SMILES string of the molecule is O=C(O)c1nccc2c1COC2. The molecule has 0 atom stereocenters. The zero-order valence-corrected chi connectivity index (χ0v) is 6.28. The van der Waals surface area contributed by atoms with Crippen molar-refractivity contribution < 1.29 is 14.6 Å². The van der Waals surface area contributed by atoms with Crippen molar-refractivity contribution >= 4 is 5.97 Å². The fourth-order valence-corrected chi connectivity index (χ4v) is 1.28. The van der Waals surface area contributed by atoms with E-state index in [-0.39, 0.29) is 5.69 Å². The van der Waals surface area contributed by atoms with E-state index in [1.807, 2.05) is 0 Å². The molecule has 4 heteroatoms. The first-order valence-corrected chi connectivity index (χ1v) is 3.57. The molecule has 1 aliphatic heterocycles. The Morgan fingerprint density at radius 1 is 1.58 bits per heavy atom. The van der Waals surface area contributed by atoms with E-state index in [1.165, 1.54) is 6.20 Å². The van der Waals surface area contributed by atoms with Crippen LogP contribution in [0.3, 0.4) is 0 Å². The average molecular weight is 165 g/mol. The Balaban J connectivity index is 2.56. The first-order chi connectivity index (χ1) is 5.79. The fraction of sp³-hybridized carbons (Fsp3) is 0.250. The quantitative estimate of drug-likeness (QED) is 0.668. The summed E-state index contributed by atoms with van der Waals surface area (Å²) in [6.07, 6.45) is 1.50. The standard InChI is InChI=1S/C8H7NO3/c10-8(11)7-6-4-12-3-5(6)1-2-9-7/h1-2H,3-4H2,(H,10,11). The van der Waals surface area contributed by atoms with Gasteiger partial charge in [-0.25, -0.2) is 9.78 Å². The number of carboxylic acids is 1. The molecule has 0 spiro atoms. The molecule has 0 aromatic carbocycles. The third-order valence-electron chi connectivity index (χ3n) is 1.86. The molecular formula is C8H7NO3. The first kappa shape index (κ1) is 7.24. The summed E-state index contributed by atoms with van der Waals surface area (Å²) >= 11 is 0. The molecule has 2 heterocycles. The van der Waals surface area contributed by atoms with E-state index in [9.17, 15) is 4.79 Å². The molecule has 1 aromatic heterocycles. The van der Waals surface area contributed by atoms with Gasteiger partial charge in [-0.2, -0.15) is 0 Å². The number of rotatable bonds is 1. The van der Waals surface area contributed by atoms with Crippen LogP contribution in [0.5, 0.6) is 0 Å². The molecule has 1 aromatic rings. The van der Waals surface area contributed by atoms with Gasteiger partial charge in [-0.1, -0.05) is 0 Å². The number of hydrogen-bond acceptors (Lipinski definition) is 3. The Labute approximate surface area is 68.8 Å². The first-order valence-electron chi connectivity index (χ1n) is 3.57. The third-order valence-corrected chi connectivity index (χ3v) is 1.86. The van der Waals surface area contributed by atoms with Gasteiger partial charge in [0.15, 0.2) is 5.69 Å². The summed E-state index contributed by atoms with van der Waals surface area (Å²) in [4.78, 5) is 14.4. The topological polar surface area (TPSA) is 59.4 Å². The van der Waals surface area contributed by atoms with Crippen molar-refractivity contribution in [2.75, 3.05) is 0 Å². The van der Waals surface area contributed by atoms with Crippen molar-refractivity contribution in [1.29, 1.82) is 0 Å². The Morgan fingerprint density at radius 3 is 3.17 bits per heavy atom. The predicted octanol–water partition coefficient (Wildman–Crippen LogP) is 0.810. The Bertz CT molecular complexity index is 335. The van der Waals surface area contributed by atoms with Crippen LogP contribution in [0.1, 0.15) is 21.6 Å². The lowest BCUT2D eigenvalue weighted by atomic mass is 10.1. The number of aromatic carboxylic acids is 1. The van der Waals surface area contributed by atoms with Gasteiger partial charge in [-0.05, 0) is 11.6 Å². The van der Waals surface area contributed by atoms with Crippen molar-refractivity contribution in [3.8, 4) is 0 Å². The second-order valence-corrected chi connectivity index (χ2v) is 2.60. The van der Waals surface area contributed by atoms with Crippen LogP contribution < -0.4 is 0 Å². The van der Waals surface area contributed by atoms with Gasteiger partial charge < -0.3 is 9.84 Å². The Morgan fingerprint density at radius 2 is 2.42 bits per heavy atom. The number of fused-ring (bicyclic) bond motifs is 1. The van der Waals surface area contributed by atoms with Crippen LogP contribution in [0.15, 0.2) is 12.3 Å². The third kappa shape index (κ3) is 0.967. The number of ether oxygens (including phenoxy) is 1. The lowest BCUT2D eigenvalue weighted by molar-refractivity contribution is 0.0685. The molecule has 0 fully saturated rings. The van der Waals surface area contributed by atoms with E-state index in [0.717, 1.165) is 5.56 Å². The molecule has 62 valence electrons. The van der Waals surface area contributed by atoms with E-state index < -0.39 is 5.97 Å². The highest BCUT2D eigenvalue weighted by Crippen LogP contribution is 2.21. The van der Waals surface area contributed by atoms with E-state index >= 15 is 0 Å². The minimum absolute atomic E-state index is 0.116. The zero-order chi connectivity index (χ0) is 8.55. The maximum absolute atomic E-state index is 10.6. The minimum atomic E-state index is -0.989. The number of aromatic nitrogens is 1. The molecule has 0 amide bonds. The van der Waals surface area contributed by atoms with Crippen molar-refractivity contribution in [3.05, 3.63) is 29.1 Å². The summed E-state index contributed by atoms with van der Waals surface area (Å²) in [6, 6.07) is 1.79. The fourth-order valence-electron chi connectivity index (χ4n) is 1.28. The van der Waals surface area contributed by atoms with Crippen LogP contribution in [0.4, 0.5) is 0 Å². The van der Waals surface area contributed by atoms with Crippen LogP contribution >= 0.6 is 0 Å². The molecule has 2 rings (SSSR count). The van der Waals surface area contributed by atoms with Crippen molar-refractivity contribution in [2.45, 2.75) is 13.2 Å². The van der Waals surface area contributed by atoms with E-state index in [0.29, 0.717) is 18.8 Å². The van der Waals surface area contributed by atoms with Crippen LogP contribution in [0.25, 0.3) is 0 Å². The average Bonchev–Trinajstić information content (AvgIpc) is 2.49. The molecule has 0 bridgehead atoms. The number of nitrogens with zero attached hydrogens (tertiary/aromatic N) is 1. The largest absolute Gasteiger partial charge is 0.477 e. The van der Waals surface area contributed by atoms with Crippen LogP contribution in [-0.2, 0) is 18.0 Å². The minimum Gasteiger partial charge on any atom is -0.477 e. The lowest BCUT2D eigenvalue weighted by Crippen LogP contribution is -2.04. The molecule has 4 nitrogen and oxygen atoms in total. The highest BCUT2D eigenvalue weighted by Gasteiger charge is 2.19. The van der Waals surface area contributed by atoms with E-state index in [1.54, 1.807) is 6.07 Å². The van der Waals surface area contributed by atoms with Gasteiger partial charge in [0.1, 0.15) is 0 Å². The molecular weight excluding hydrogens is 158 g/mol. The Kier molecular flexibility index (Phi) is 1.55. The van der Waals surface area contributed by atoms with Crippen molar-refractivity contribution in [2.24, 2.45) is 0 Å². The second kappa shape index (κ2) is 2.57. The second-order valence-electron chi connectivity index (χ2n) is 2.60. The maximum atomic E-state index is 10.6. The number of carboxylic acid groups (broad SMARTS) is 1. The van der Waals surface area contributed by atoms with Gasteiger partial charge in [0.05, 0.1) is 13.2 Å². The highest BCUT2D eigenvalue weighted by molar-refractivity contribution is 5.87. The van der Waals surface area contributed by atoms with Gasteiger partial charge in [-0.15, -0.1) is 0 Å². The predicted molar refractivity (Wildman–Crippen MR) is 39.7 cm³/mol. The summed E-state index contributed by atoms with van der Waals surface area (Å²) in [5.41, 5.74) is 1.76. The van der Waals surface area contributed by atoms with E-state index in [2.05, 4.69) is 4.98 Å². The number of hydrogen-bond donors (Lipinski definition) is 1. The summed E-state index contributed by atoms with van der Waals surface area (Å²) in [7, 11) is 0. The van der Waals surface area contributed by atoms with E-state index in [4.69, 9.17) is 9.84 Å². The summed E-state index contributed by atoms with van der Waals surface area (Å²) in [5.74, 6) is -0.989. The highest BCUT2D eigenvalue weighted by atomic mass is 16.5. The van der Waals surface area contributed by atoms with Crippen LogP contribution in [0.2, 0.25) is 0 Å². The molecule has 0 saturated carbocycles. The molecule has 12 heavy (non-hydrogen) atoms. The molecule has 0 aliphatic carbocycles. The molecule has 0 unspecified atom stereocenters. The monoisotopic (exact) mass is 165 g/mol. The number of carbonyl (C=O) groups is 1. The maximum Gasteiger partial charge on any atom is 0.354 e. The zero-order valence-electron chi connectivity index (χ0n) is 6.28. The molecule has 0 saturated heterocycles. The van der Waals surface area contributed by atoms with Gasteiger partial charge in [0, 0.05) is 11.8 Å². The summed E-state index contributed by atoms with van der Waals surface area (Å²) < 4.78 is 5.10. The van der Waals surface area contributed by atoms with Crippen LogP contribution in [-0.4, -0.2) is 16.1 Å².